The molecule has 0 unspecified atom stereocenters. The normalized spacial score (nSPS) is 24.8. The van der Waals surface area contributed by atoms with Gasteiger partial charge in [0.1, 0.15) is 12.6 Å². The number of likely N-dealkylation sites (tertiary alicyclic amines) is 1. The Hall–Kier alpha value is -1.87. The SMILES string of the molecule is COCCN1C[C@@H]2CN(CC(=O)NCCN3CCCCC3)C(=O)N2[C@@H](CC(C)C)C1=O. The van der Waals surface area contributed by atoms with Crippen LogP contribution in [0.3, 0.4) is 0 Å². The van der Waals surface area contributed by atoms with Crippen LogP contribution < -0.4 is 5.32 Å². The molecule has 0 spiro atoms. The molecule has 0 aromatic heterocycles. The fraction of sp³-hybridized carbons (Fsp3) is 0.864. The highest BCUT2D eigenvalue weighted by Gasteiger charge is 2.49. The van der Waals surface area contributed by atoms with Gasteiger partial charge in [0, 0.05) is 39.8 Å². The quantitative estimate of drug-likeness (QED) is 0.541. The summed E-state index contributed by atoms with van der Waals surface area (Å²) < 4.78 is 5.16. The minimum absolute atomic E-state index is 0.0109. The molecule has 9 nitrogen and oxygen atoms in total. The monoisotopic (exact) mass is 437 g/mol. The molecule has 3 saturated heterocycles. The molecule has 0 bridgehead atoms. The predicted octanol–water partition coefficient (Wildman–Crippen LogP) is 0.598. The summed E-state index contributed by atoms with van der Waals surface area (Å²) in [5.74, 6) is 0.147. The summed E-state index contributed by atoms with van der Waals surface area (Å²) in [7, 11) is 1.62. The Morgan fingerprint density at radius 3 is 2.48 bits per heavy atom. The lowest BCUT2D eigenvalue weighted by Gasteiger charge is -2.42. The number of hydrogen-bond donors (Lipinski definition) is 1. The molecule has 4 amide bonds. The van der Waals surface area contributed by atoms with Crippen molar-refractivity contribution in [1.82, 2.24) is 24.9 Å². The molecule has 3 heterocycles. The number of carbonyl (C=O) groups excluding carboxylic acids is 3. The van der Waals surface area contributed by atoms with Gasteiger partial charge in [-0.1, -0.05) is 20.3 Å². The van der Waals surface area contributed by atoms with Crippen LogP contribution in [0.4, 0.5) is 4.79 Å². The molecule has 0 saturated carbocycles. The molecule has 31 heavy (non-hydrogen) atoms. The maximum absolute atomic E-state index is 13.1. The van der Waals surface area contributed by atoms with Crippen LogP contribution in [0.25, 0.3) is 0 Å². The summed E-state index contributed by atoms with van der Waals surface area (Å²) in [4.78, 5) is 46.2. The van der Waals surface area contributed by atoms with Gasteiger partial charge in [0.2, 0.25) is 11.8 Å². The Morgan fingerprint density at radius 1 is 1.10 bits per heavy atom. The summed E-state index contributed by atoms with van der Waals surface area (Å²) in [6.07, 6.45) is 4.37. The number of urea groups is 1. The molecule has 0 aliphatic carbocycles. The van der Waals surface area contributed by atoms with E-state index < -0.39 is 6.04 Å². The number of piperidine rings is 1. The van der Waals surface area contributed by atoms with E-state index in [0.717, 1.165) is 19.6 Å². The number of methoxy groups -OCH3 is 1. The second-order valence-electron chi connectivity index (χ2n) is 9.40. The van der Waals surface area contributed by atoms with Crippen LogP contribution in [0, 0.1) is 5.92 Å². The number of fused-ring (bicyclic) bond motifs is 1. The lowest BCUT2D eigenvalue weighted by molar-refractivity contribution is -0.143. The second-order valence-corrected chi connectivity index (χ2v) is 9.40. The van der Waals surface area contributed by atoms with Crippen molar-refractivity contribution in [3.63, 3.8) is 0 Å². The number of piperazine rings is 1. The van der Waals surface area contributed by atoms with Crippen LogP contribution in [0.15, 0.2) is 0 Å². The molecule has 3 fully saturated rings. The van der Waals surface area contributed by atoms with Crippen LogP contribution in [0.2, 0.25) is 0 Å². The third kappa shape index (κ3) is 6.10. The van der Waals surface area contributed by atoms with E-state index in [-0.39, 0.29) is 36.3 Å². The zero-order valence-corrected chi connectivity index (χ0v) is 19.3. The number of rotatable bonds is 10. The van der Waals surface area contributed by atoms with Crippen LogP contribution in [-0.2, 0) is 14.3 Å². The third-order valence-electron chi connectivity index (χ3n) is 6.47. The average Bonchev–Trinajstić information content (AvgIpc) is 3.04. The van der Waals surface area contributed by atoms with Crippen LogP contribution in [-0.4, -0.2) is 116 Å². The van der Waals surface area contributed by atoms with Gasteiger partial charge >= 0.3 is 6.03 Å². The molecule has 0 aromatic carbocycles. The number of carbonyl (C=O) groups is 3. The highest BCUT2D eigenvalue weighted by atomic mass is 16.5. The predicted molar refractivity (Wildman–Crippen MR) is 118 cm³/mol. The third-order valence-corrected chi connectivity index (χ3v) is 6.47. The number of nitrogens with one attached hydrogen (secondary N) is 1. The Morgan fingerprint density at radius 2 is 1.81 bits per heavy atom. The van der Waals surface area contributed by atoms with Gasteiger partial charge in [-0.3, -0.25) is 9.59 Å². The first-order valence-corrected chi connectivity index (χ1v) is 11.7. The van der Waals surface area contributed by atoms with Gasteiger partial charge in [0.05, 0.1) is 12.6 Å². The topological polar surface area (TPSA) is 85.4 Å². The van der Waals surface area contributed by atoms with Crippen molar-refractivity contribution in [1.29, 1.82) is 0 Å². The van der Waals surface area contributed by atoms with Gasteiger partial charge in [-0.05, 0) is 38.3 Å². The van der Waals surface area contributed by atoms with Crippen LogP contribution >= 0.6 is 0 Å². The Balaban J connectivity index is 1.55. The molecule has 0 aromatic rings. The molecule has 9 heteroatoms. The van der Waals surface area contributed by atoms with Crippen molar-refractivity contribution in [2.24, 2.45) is 5.92 Å². The van der Waals surface area contributed by atoms with E-state index in [1.165, 1.54) is 19.3 Å². The second kappa shape index (κ2) is 11.1. The van der Waals surface area contributed by atoms with Crippen molar-refractivity contribution < 1.29 is 19.1 Å². The van der Waals surface area contributed by atoms with E-state index in [4.69, 9.17) is 4.74 Å². The van der Waals surface area contributed by atoms with Crippen LogP contribution in [0.5, 0.6) is 0 Å². The molecular formula is C22H39N5O4. The minimum atomic E-state index is -0.463. The van der Waals surface area contributed by atoms with Crippen LogP contribution in [0.1, 0.15) is 39.5 Å². The summed E-state index contributed by atoms with van der Waals surface area (Å²) in [5, 5.41) is 2.96. The fourth-order valence-electron chi connectivity index (χ4n) is 4.91. The summed E-state index contributed by atoms with van der Waals surface area (Å²) in [6, 6.07) is -0.733. The van der Waals surface area contributed by atoms with E-state index in [9.17, 15) is 14.4 Å². The Bertz CT molecular complexity index is 637. The standard InChI is InChI=1S/C22H39N5O4/c1-17(2)13-19-21(29)25(11-12-31-3)14-18-15-26(22(30)27(18)19)16-20(28)23-7-10-24-8-5-4-6-9-24/h17-19H,4-16H2,1-3H3,(H,23,28)/t18-,19+/m1/s1. The van der Waals surface area contributed by atoms with Gasteiger partial charge in [0.25, 0.3) is 0 Å². The van der Waals surface area contributed by atoms with E-state index in [1.54, 1.807) is 16.9 Å². The van der Waals surface area contributed by atoms with Gasteiger partial charge < -0.3 is 29.7 Å². The molecule has 1 N–H and O–H groups in total. The highest BCUT2D eigenvalue weighted by molar-refractivity contribution is 5.91. The lowest BCUT2D eigenvalue weighted by Crippen LogP contribution is -2.61. The number of nitrogens with zero attached hydrogens (tertiary/aromatic N) is 4. The molecule has 3 aliphatic heterocycles. The van der Waals surface area contributed by atoms with Crippen molar-refractivity contribution in [2.45, 2.75) is 51.6 Å². The van der Waals surface area contributed by atoms with E-state index >= 15 is 0 Å². The fourth-order valence-corrected chi connectivity index (χ4v) is 4.91. The highest BCUT2D eigenvalue weighted by Crippen LogP contribution is 2.28. The van der Waals surface area contributed by atoms with Crippen molar-refractivity contribution in [3.05, 3.63) is 0 Å². The Kier molecular flexibility index (Phi) is 8.54. The maximum Gasteiger partial charge on any atom is 0.321 e. The van der Waals surface area contributed by atoms with E-state index in [2.05, 4.69) is 24.1 Å². The molecular weight excluding hydrogens is 398 g/mol. The summed E-state index contributed by atoms with van der Waals surface area (Å²) in [6.45, 7) is 9.80. The number of amides is 4. The molecule has 3 aliphatic rings. The lowest BCUT2D eigenvalue weighted by atomic mass is 9.97. The molecule has 0 radical (unpaired) electrons. The molecule has 176 valence electrons. The number of hydrogen-bond acceptors (Lipinski definition) is 5. The summed E-state index contributed by atoms with van der Waals surface area (Å²) >= 11 is 0. The van der Waals surface area contributed by atoms with Gasteiger partial charge in [-0.25, -0.2) is 4.79 Å². The van der Waals surface area contributed by atoms with E-state index in [1.807, 2.05) is 4.90 Å². The average molecular weight is 438 g/mol. The maximum atomic E-state index is 13.1. The number of ether oxygens (including phenoxy) is 1. The van der Waals surface area contributed by atoms with Gasteiger partial charge in [0.15, 0.2) is 0 Å². The van der Waals surface area contributed by atoms with Crippen molar-refractivity contribution in [2.75, 3.05) is 66.1 Å². The molecule has 2 atom stereocenters. The Labute approximate surface area is 186 Å². The summed E-state index contributed by atoms with van der Waals surface area (Å²) in [5.41, 5.74) is 0. The van der Waals surface area contributed by atoms with Gasteiger partial charge in [-0.2, -0.15) is 0 Å². The van der Waals surface area contributed by atoms with Crippen molar-refractivity contribution >= 4 is 17.8 Å². The van der Waals surface area contributed by atoms with E-state index in [0.29, 0.717) is 39.2 Å². The first kappa shape index (κ1) is 23.8. The van der Waals surface area contributed by atoms with Gasteiger partial charge in [-0.15, -0.1) is 0 Å². The van der Waals surface area contributed by atoms with Crippen molar-refractivity contribution in [3.8, 4) is 0 Å². The first-order valence-electron chi connectivity index (χ1n) is 11.7. The zero-order chi connectivity index (χ0) is 22.4. The zero-order valence-electron chi connectivity index (χ0n) is 19.3. The smallest absolute Gasteiger partial charge is 0.321 e. The first-order chi connectivity index (χ1) is 14.9. The minimum Gasteiger partial charge on any atom is -0.383 e. The molecule has 3 rings (SSSR count). The largest absolute Gasteiger partial charge is 0.383 e.